The summed E-state index contributed by atoms with van der Waals surface area (Å²) in [6.45, 7) is 5.88. The lowest BCUT2D eigenvalue weighted by atomic mass is 9.78. The summed E-state index contributed by atoms with van der Waals surface area (Å²) in [4.78, 5) is 3.89. The third-order valence-electron chi connectivity index (χ3n) is 5.95. The minimum atomic E-state index is -3.11. The normalized spacial score (nSPS) is 17.0. The number of ether oxygens (including phenoxy) is 1. The lowest BCUT2D eigenvalue weighted by molar-refractivity contribution is -0.212. The first-order valence-electron chi connectivity index (χ1n) is 10.0. The second-order valence-electron chi connectivity index (χ2n) is 7.75. The molecule has 6 nitrogen and oxygen atoms in total. The summed E-state index contributed by atoms with van der Waals surface area (Å²) in [5.41, 5.74) is 4.38. The van der Waals surface area contributed by atoms with E-state index in [-0.39, 0.29) is 30.0 Å². The number of halogens is 2. The Morgan fingerprint density at radius 1 is 1.17 bits per heavy atom. The molecule has 30 heavy (non-hydrogen) atoms. The molecule has 0 amide bonds. The minimum Gasteiger partial charge on any atom is -0.382 e. The summed E-state index contributed by atoms with van der Waals surface area (Å²) in [6.07, 6.45) is -2.35. The largest absolute Gasteiger partial charge is 0.382 e. The molecule has 2 aromatic heterocycles. The van der Waals surface area contributed by atoms with Crippen LogP contribution in [0.25, 0.3) is 5.52 Å². The summed E-state index contributed by atoms with van der Waals surface area (Å²) in [6, 6.07) is 12.2. The van der Waals surface area contributed by atoms with Crippen molar-refractivity contribution < 1.29 is 18.6 Å². The highest BCUT2D eigenvalue weighted by atomic mass is 19.3. The van der Waals surface area contributed by atoms with E-state index in [0.29, 0.717) is 5.52 Å². The number of nitrogens with zero attached hydrogens (tertiary/aromatic N) is 3. The Labute approximate surface area is 174 Å². The molecule has 8 heteroatoms. The Morgan fingerprint density at radius 3 is 2.50 bits per heavy atom. The van der Waals surface area contributed by atoms with Crippen LogP contribution in [0.2, 0.25) is 0 Å². The van der Waals surface area contributed by atoms with Crippen LogP contribution in [-0.2, 0) is 16.9 Å². The minimum absolute atomic E-state index is 0.0435. The highest BCUT2D eigenvalue weighted by Crippen LogP contribution is 2.40. The number of anilines is 1. The van der Waals surface area contributed by atoms with Crippen molar-refractivity contribution in [2.45, 2.75) is 51.9 Å². The van der Waals surface area contributed by atoms with Crippen molar-refractivity contribution in [3.8, 4) is 0 Å². The van der Waals surface area contributed by atoms with Crippen LogP contribution in [0.1, 0.15) is 38.4 Å². The lowest BCUT2D eigenvalue weighted by Gasteiger charge is -2.40. The van der Waals surface area contributed by atoms with Crippen molar-refractivity contribution in [3.05, 3.63) is 60.0 Å². The first kappa shape index (κ1) is 22.1. The molecule has 0 saturated heterocycles. The van der Waals surface area contributed by atoms with Crippen LogP contribution < -0.4 is 5.73 Å². The van der Waals surface area contributed by atoms with Gasteiger partial charge in [0.05, 0.1) is 12.3 Å². The predicted octanol–water partition coefficient (Wildman–Crippen LogP) is 4.03. The zero-order valence-corrected chi connectivity index (χ0v) is 17.4. The number of nitrogens with two attached hydrogens (primary N) is 1. The molecule has 0 aliphatic rings. The third-order valence-corrected chi connectivity index (χ3v) is 5.95. The molecule has 0 radical (unpaired) electrons. The van der Waals surface area contributed by atoms with E-state index in [4.69, 9.17) is 10.5 Å². The fourth-order valence-electron chi connectivity index (χ4n) is 3.75. The Kier molecular flexibility index (Phi) is 6.67. The number of hydrogen-bond donors (Lipinski definition) is 2. The van der Waals surface area contributed by atoms with Gasteiger partial charge in [-0.2, -0.15) is 5.10 Å². The van der Waals surface area contributed by atoms with Gasteiger partial charge in [0.15, 0.2) is 11.4 Å². The van der Waals surface area contributed by atoms with Crippen LogP contribution >= 0.6 is 0 Å². The summed E-state index contributed by atoms with van der Waals surface area (Å²) >= 11 is 0. The number of nitrogen functional groups attached to an aromatic ring is 1. The molecule has 3 N–H and O–H groups in total. The summed E-state index contributed by atoms with van der Waals surface area (Å²) in [7, 11) is 0. The zero-order chi connectivity index (χ0) is 21.9. The molecule has 1 aromatic carbocycles. The third kappa shape index (κ3) is 4.02. The number of rotatable bonds is 9. The average Bonchev–Trinajstić information content (AvgIpc) is 3.19. The molecule has 0 aliphatic carbocycles. The Bertz CT molecular complexity index is 966. The van der Waals surface area contributed by atoms with Crippen LogP contribution in [0.5, 0.6) is 0 Å². The van der Waals surface area contributed by atoms with E-state index in [2.05, 4.69) is 10.1 Å². The maximum Gasteiger partial charge on any atom is 0.275 e. The van der Waals surface area contributed by atoms with Gasteiger partial charge in [-0.3, -0.25) is 0 Å². The average molecular weight is 418 g/mol. The molecular weight excluding hydrogens is 390 g/mol. The van der Waals surface area contributed by atoms with Crippen LogP contribution in [-0.4, -0.2) is 32.2 Å². The van der Waals surface area contributed by atoms with Gasteiger partial charge in [0.2, 0.25) is 0 Å². The fourth-order valence-corrected chi connectivity index (χ4v) is 3.75. The lowest BCUT2D eigenvalue weighted by Crippen LogP contribution is -2.52. The van der Waals surface area contributed by atoms with Crippen molar-refractivity contribution >= 4 is 11.3 Å². The van der Waals surface area contributed by atoms with Gasteiger partial charge in [0.25, 0.3) is 6.43 Å². The molecule has 162 valence electrons. The monoisotopic (exact) mass is 418 g/mol. The van der Waals surface area contributed by atoms with Crippen molar-refractivity contribution in [2.24, 2.45) is 11.8 Å². The summed E-state index contributed by atoms with van der Waals surface area (Å²) in [5.74, 6) is -0.172. The first-order chi connectivity index (χ1) is 14.3. The molecule has 0 bridgehead atoms. The van der Waals surface area contributed by atoms with E-state index < -0.39 is 18.1 Å². The number of fused-ring (bicyclic) bond motifs is 1. The highest BCUT2D eigenvalue weighted by Gasteiger charge is 2.52. The molecule has 3 aromatic rings. The Morgan fingerprint density at radius 2 is 1.87 bits per heavy atom. The van der Waals surface area contributed by atoms with E-state index in [9.17, 15) is 13.9 Å². The Hall–Kier alpha value is -2.58. The Balaban J connectivity index is 2.08. The fraction of sp³-hybridized carbons (Fsp3) is 0.455. The number of aromatic nitrogens is 3. The second kappa shape index (κ2) is 9.06. The van der Waals surface area contributed by atoms with Crippen molar-refractivity contribution in [2.75, 3.05) is 5.73 Å². The molecule has 0 fully saturated rings. The number of benzene rings is 1. The summed E-state index contributed by atoms with van der Waals surface area (Å²) < 4.78 is 36.4. The predicted molar refractivity (Wildman–Crippen MR) is 111 cm³/mol. The van der Waals surface area contributed by atoms with E-state index >= 15 is 0 Å². The van der Waals surface area contributed by atoms with Gasteiger partial charge in [0.1, 0.15) is 17.9 Å². The van der Waals surface area contributed by atoms with E-state index in [1.807, 2.05) is 51.1 Å². The molecule has 4 atom stereocenters. The van der Waals surface area contributed by atoms with Crippen molar-refractivity contribution in [3.63, 3.8) is 0 Å². The van der Waals surface area contributed by atoms with Crippen molar-refractivity contribution in [1.29, 1.82) is 0 Å². The van der Waals surface area contributed by atoms with Crippen LogP contribution in [0.3, 0.4) is 0 Å². The van der Waals surface area contributed by atoms with Gasteiger partial charge in [-0.05, 0) is 29.5 Å². The van der Waals surface area contributed by atoms with Gasteiger partial charge < -0.3 is 15.6 Å². The quantitative estimate of drug-likeness (QED) is 0.548. The molecule has 2 heterocycles. The number of alkyl halides is 2. The molecule has 2 unspecified atom stereocenters. The topological polar surface area (TPSA) is 85.7 Å². The van der Waals surface area contributed by atoms with Crippen LogP contribution in [0.4, 0.5) is 14.6 Å². The highest BCUT2D eigenvalue weighted by molar-refractivity contribution is 5.65. The molecule has 0 spiro atoms. The maximum atomic E-state index is 14.6. The van der Waals surface area contributed by atoms with Crippen molar-refractivity contribution in [1.82, 2.24) is 14.6 Å². The van der Waals surface area contributed by atoms with E-state index in [0.717, 1.165) is 12.0 Å². The van der Waals surface area contributed by atoms with Crippen LogP contribution in [0.15, 0.2) is 48.8 Å². The van der Waals surface area contributed by atoms with Crippen LogP contribution in [0, 0.1) is 11.8 Å². The van der Waals surface area contributed by atoms with Gasteiger partial charge >= 0.3 is 0 Å². The van der Waals surface area contributed by atoms with Gasteiger partial charge in [0, 0.05) is 0 Å². The smallest absolute Gasteiger partial charge is 0.275 e. The molecule has 0 saturated carbocycles. The molecule has 0 aliphatic heterocycles. The summed E-state index contributed by atoms with van der Waals surface area (Å²) in [5, 5.41) is 15.5. The van der Waals surface area contributed by atoms with Gasteiger partial charge in [-0.1, -0.05) is 57.5 Å². The molecule has 3 rings (SSSR count). The number of aliphatic hydroxyl groups is 1. The number of hydrogen-bond acceptors (Lipinski definition) is 5. The SMILES string of the molecule is CC[C@@H](C)C(C)[C@H](OCc1ccccc1)C(O)(c1ccc2c(N)ncnn12)C(F)F. The molecular formula is C22H28F2N4O2. The zero-order valence-electron chi connectivity index (χ0n) is 17.4. The van der Waals surface area contributed by atoms with Gasteiger partial charge in [-0.15, -0.1) is 0 Å². The first-order valence-corrected chi connectivity index (χ1v) is 10.0. The van der Waals surface area contributed by atoms with E-state index in [1.54, 1.807) is 0 Å². The van der Waals surface area contributed by atoms with E-state index in [1.165, 1.54) is 23.0 Å². The maximum absolute atomic E-state index is 14.6. The standard InChI is InChI=1S/C22H28F2N4O2/c1-4-14(2)15(3)19(30-12-16-8-6-5-7-9-16)22(29,21(23)24)18-11-10-17-20(25)26-13-27-28(17)18/h5-11,13-15,19,21,29H,4,12H2,1-3H3,(H2,25,26,27)/t14-,15?,19+,22?/m1/s1. The second-order valence-corrected chi connectivity index (χ2v) is 7.75. The van der Waals surface area contributed by atoms with Gasteiger partial charge in [-0.25, -0.2) is 18.3 Å².